The quantitative estimate of drug-likeness (QED) is 0.854. The highest BCUT2D eigenvalue weighted by atomic mass is 16.6. The smallest absolute Gasteiger partial charge is 0.429 e. The predicted octanol–water partition coefficient (Wildman–Crippen LogP) is 3.27. The van der Waals surface area contributed by atoms with Crippen molar-refractivity contribution in [2.24, 2.45) is 0 Å². The molecule has 2 aliphatic heterocycles. The fourth-order valence-corrected chi connectivity index (χ4v) is 2.82. The van der Waals surface area contributed by atoms with Gasteiger partial charge in [0.15, 0.2) is 0 Å². The molecule has 24 heavy (non-hydrogen) atoms. The molecule has 0 aromatic heterocycles. The maximum Gasteiger partial charge on any atom is 0.429 e. The van der Waals surface area contributed by atoms with Crippen LogP contribution in [0.4, 0.5) is 9.59 Å². The zero-order valence-electron chi connectivity index (χ0n) is 13.4. The molecule has 1 fully saturated rings. The molecule has 0 spiro atoms. The molecule has 0 N–H and O–H groups in total. The minimum absolute atomic E-state index is 0.149. The number of ether oxygens (including phenoxy) is 2. The van der Waals surface area contributed by atoms with Crippen molar-refractivity contribution in [1.82, 2.24) is 10.0 Å². The summed E-state index contributed by atoms with van der Waals surface area (Å²) in [6.07, 6.45) is 4.18. The minimum Gasteiger partial charge on any atom is -0.446 e. The maximum atomic E-state index is 12.6. The average Bonchev–Trinajstić information content (AvgIpc) is 2.94. The Morgan fingerprint density at radius 3 is 2.92 bits per heavy atom. The van der Waals surface area contributed by atoms with Crippen LogP contribution < -0.4 is 0 Å². The molecule has 0 radical (unpaired) electrons. The predicted molar refractivity (Wildman–Crippen MR) is 87.8 cm³/mol. The highest BCUT2D eigenvalue weighted by Crippen LogP contribution is 2.24. The molecule has 0 unspecified atom stereocenters. The number of nitrogens with zero attached hydrogens (tertiary/aromatic N) is 2. The molecule has 0 bridgehead atoms. The summed E-state index contributed by atoms with van der Waals surface area (Å²) in [4.78, 5) is 24.6. The molecule has 2 aliphatic rings. The van der Waals surface area contributed by atoms with Gasteiger partial charge in [-0.3, -0.25) is 0 Å². The van der Waals surface area contributed by atoms with E-state index in [0.717, 1.165) is 24.0 Å². The van der Waals surface area contributed by atoms with Crippen LogP contribution in [0, 0.1) is 0 Å². The normalized spacial score (nSPS) is 22.6. The van der Waals surface area contributed by atoms with Crippen LogP contribution in [0.1, 0.15) is 18.4 Å². The lowest BCUT2D eigenvalue weighted by atomic mass is 10.1. The molecule has 0 aliphatic carbocycles. The third-order valence-corrected chi connectivity index (χ3v) is 4.11. The summed E-state index contributed by atoms with van der Waals surface area (Å²) in [5.41, 5.74) is 1.77. The molecule has 1 saturated heterocycles. The number of rotatable bonds is 3. The van der Waals surface area contributed by atoms with E-state index < -0.39 is 12.2 Å². The van der Waals surface area contributed by atoms with Crippen LogP contribution in [0.25, 0.3) is 0 Å². The van der Waals surface area contributed by atoms with Crippen molar-refractivity contribution < 1.29 is 19.1 Å². The number of hydrazine groups is 1. The van der Waals surface area contributed by atoms with Crippen molar-refractivity contribution in [3.63, 3.8) is 0 Å². The van der Waals surface area contributed by atoms with Crippen LogP contribution in [-0.4, -0.2) is 41.4 Å². The molecule has 1 atom stereocenters. The van der Waals surface area contributed by atoms with Gasteiger partial charge in [-0.15, -0.1) is 0 Å². The number of carbonyl (C=O) groups is 2. The van der Waals surface area contributed by atoms with Gasteiger partial charge in [0.2, 0.25) is 0 Å². The summed E-state index contributed by atoms with van der Waals surface area (Å²) in [7, 11) is 0. The number of hydrogen-bond donors (Lipinski definition) is 0. The molecule has 6 heteroatoms. The van der Waals surface area contributed by atoms with Crippen molar-refractivity contribution in [1.29, 1.82) is 0 Å². The molecule has 1 aromatic carbocycles. The fraction of sp³-hybridized carbons (Fsp3) is 0.333. The summed E-state index contributed by atoms with van der Waals surface area (Å²) < 4.78 is 10.5. The summed E-state index contributed by atoms with van der Waals surface area (Å²) in [5.74, 6) is 0. The van der Waals surface area contributed by atoms with Gasteiger partial charge in [0.05, 0.1) is 12.6 Å². The fourth-order valence-electron chi connectivity index (χ4n) is 2.82. The standard InChI is InChI=1S/C18H20N2O4/c1-2-14-9-6-10-16-13-24-18(22)20(16)19(11-14)17(21)23-12-15-7-4-3-5-8-15/h2-5,7-9,16H,1,6,10-13H2/b14-9-/t16-/m1/s1. The van der Waals surface area contributed by atoms with Crippen LogP contribution in [-0.2, 0) is 16.1 Å². The van der Waals surface area contributed by atoms with Gasteiger partial charge in [-0.05, 0) is 24.0 Å². The Kier molecular flexibility index (Phi) is 4.84. The minimum atomic E-state index is -0.572. The Morgan fingerprint density at radius 2 is 2.17 bits per heavy atom. The molecule has 2 heterocycles. The second-order valence-corrected chi connectivity index (χ2v) is 5.73. The molecule has 2 amide bonds. The van der Waals surface area contributed by atoms with E-state index in [4.69, 9.17) is 9.47 Å². The first-order chi connectivity index (χ1) is 11.7. The summed E-state index contributed by atoms with van der Waals surface area (Å²) in [6.45, 7) is 4.45. The van der Waals surface area contributed by atoms with Gasteiger partial charge >= 0.3 is 12.2 Å². The van der Waals surface area contributed by atoms with Gasteiger partial charge in [0.25, 0.3) is 0 Å². The van der Waals surface area contributed by atoms with E-state index in [0.29, 0.717) is 6.61 Å². The summed E-state index contributed by atoms with van der Waals surface area (Å²) >= 11 is 0. The average molecular weight is 328 g/mol. The number of fused-ring (bicyclic) bond motifs is 1. The zero-order chi connectivity index (χ0) is 16.9. The molecule has 3 rings (SSSR count). The van der Waals surface area contributed by atoms with E-state index >= 15 is 0 Å². The number of hydrogen-bond acceptors (Lipinski definition) is 4. The van der Waals surface area contributed by atoms with Crippen LogP contribution >= 0.6 is 0 Å². The third kappa shape index (κ3) is 3.42. The molecule has 6 nitrogen and oxygen atoms in total. The molecule has 126 valence electrons. The Balaban J connectivity index is 1.76. The Labute approximate surface area is 140 Å². The van der Waals surface area contributed by atoms with E-state index in [2.05, 4.69) is 6.58 Å². The van der Waals surface area contributed by atoms with Gasteiger partial charge in [0.1, 0.15) is 13.2 Å². The van der Waals surface area contributed by atoms with Crippen LogP contribution in [0.5, 0.6) is 0 Å². The number of amides is 2. The van der Waals surface area contributed by atoms with Crippen LogP contribution in [0.3, 0.4) is 0 Å². The monoisotopic (exact) mass is 328 g/mol. The van der Waals surface area contributed by atoms with Crippen molar-refractivity contribution in [3.8, 4) is 0 Å². The van der Waals surface area contributed by atoms with E-state index in [9.17, 15) is 9.59 Å². The van der Waals surface area contributed by atoms with Gasteiger partial charge in [-0.2, -0.15) is 0 Å². The number of allylic oxidation sites excluding steroid dienone is 1. The van der Waals surface area contributed by atoms with Gasteiger partial charge in [0, 0.05) is 0 Å². The molecular formula is C18H20N2O4. The second-order valence-electron chi connectivity index (χ2n) is 5.73. The Hall–Kier alpha value is -2.76. The SMILES string of the molecule is C=C/C1=C/CC[C@@H]2COC(=O)N2N(C(=O)OCc2ccccc2)C1. The van der Waals surface area contributed by atoms with Gasteiger partial charge in [-0.1, -0.05) is 49.1 Å². The van der Waals surface area contributed by atoms with Crippen LogP contribution in [0.2, 0.25) is 0 Å². The van der Waals surface area contributed by atoms with Crippen LogP contribution in [0.15, 0.2) is 54.6 Å². The second kappa shape index (κ2) is 7.21. The summed E-state index contributed by atoms with van der Waals surface area (Å²) in [6, 6.07) is 9.27. The number of cyclic esters (lactones) is 1. The van der Waals surface area contributed by atoms with Crippen molar-refractivity contribution in [3.05, 3.63) is 60.2 Å². The Morgan fingerprint density at radius 1 is 1.38 bits per heavy atom. The Bertz CT molecular complexity index is 656. The first-order valence-corrected chi connectivity index (χ1v) is 7.94. The first kappa shape index (κ1) is 16.1. The highest BCUT2D eigenvalue weighted by Gasteiger charge is 2.40. The van der Waals surface area contributed by atoms with E-state index in [1.165, 1.54) is 10.0 Å². The number of carbonyl (C=O) groups excluding carboxylic acids is 2. The highest BCUT2D eigenvalue weighted by molar-refractivity contribution is 5.76. The largest absolute Gasteiger partial charge is 0.446 e. The third-order valence-electron chi connectivity index (χ3n) is 4.11. The maximum absolute atomic E-state index is 12.6. The van der Waals surface area contributed by atoms with E-state index in [1.54, 1.807) is 6.08 Å². The van der Waals surface area contributed by atoms with Crippen molar-refractivity contribution in [2.75, 3.05) is 13.2 Å². The van der Waals surface area contributed by atoms with E-state index in [-0.39, 0.29) is 19.2 Å². The summed E-state index contributed by atoms with van der Waals surface area (Å²) in [5, 5.41) is 2.69. The van der Waals surface area contributed by atoms with Crippen molar-refractivity contribution in [2.45, 2.75) is 25.5 Å². The number of benzene rings is 1. The lowest BCUT2D eigenvalue weighted by Gasteiger charge is -2.34. The molecule has 0 saturated carbocycles. The van der Waals surface area contributed by atoms with Crippen molar-refractivity contribution >= 4 is 12.2 Å². The molecule has 1 aromatic rings. The van der Waals surface area contributed by atoms with E-state index in [1.807, 2.05) is 36.4 Å². The molecular weight excluding hydrogens is 308 g/mol. The first-order valence-electron chi connectivity index (χ1n) is 7.94. The lowest BCUT2D eigenvalue weighted by Crippen LogP contribution is -2.52. The van der Waals surface area contributed by atoms with Gasteiger partial charge in [-0.25, -0.2) is 19.6 Å². The topological polar surface area (TPSA) is 59.1 Å². The zero-order valence-corrected chi connectivity index (χ0v) is 13.4. The lowest BCUT2D eigenvalue weighted by molar-refractivity contribution is -0.00549. The van der Waals surface area contributed by atoms with Gasteiger partial charge < -0.3 is 9.47 Å².